The Bertz CT molecular complexity index is 25.5. The van der Waals surface area contributed by atoms with E-state index in [1.165, 1.54) is 6.92 Å². The third-order valence-electron chi connectivity index (χ3n) is 0.197. The van der Waals surface area contributed by atoms with Crippen molar-refractivity contribution >= 4 is 12.4 Å². The molecule has 1 unspecified atom stereocenters. The summed E-state index contributed by atoms with van der Waals surface area (Å²) in [7, 11) is 0. The smallest absolute Gasteiger partial charge is 0.171 e. The van der Waals surface area contributed by atoms with Gasteiger partial charge >= 0.3 is 0 Å². The van der Waals surface area contributed by atoms with Gasteiger partial charge in [0.1, 0.15) is 0 Å². The zero-order valence-corrected chi connectivity index (χ0v) is 4.23. The molecule has 6 heavy (non-hydrogen) atoms. The minimum Gasteiger partial charge on any atom is -0.367 e. The van der Waals surface area contributed by atoms with Crippen molar-refractivity contribution in [1.82, 2.24) is 0 Å². The molecule has 0 aliphatic carbocycles. The average molecular weight is 114 g/mol. The van der Waals surface area contributed by atoms with Crippen molar-refractivity contribution < 1.29 is 9.94 Å². The Morgan fingerprint density at radius 2 is 2.00 bits per heavy atom. The molecule has 0 saturated carbocycles. The number of halogens is 1. The number of aliphatic hydroxyl groups is 1. The average Bonchev–Trinajstić information content (AvgIpc) is 1.38. The lowest BCUT2D eigenvalue weighted by Crippen LogP contribution is -2.10. The van der Waals surface area contributed by atoms with E-state index in [0.29, 0.717) is 0 Å². The van der Waals surface area contributed by atoms with Gasteiger partial charge in [0.05, 0.1) is 0 Å². The van der Waals surface area contributed by atoms with Crippen LogP contribution in [0.1, 0.15) is 6.92 Å². The molecule has 3 N–H and O–H groups in total. The van der Waals surface area contributed by atoms with Gasteiger partial charge in [0, 0.05) is 0 Å². The molecule has 0 saturated heterocycles. The summed E-state index contributed by atoms with van der Waals surface area (Å²) in [5.41, 5.74) is 0. The Kier molecular flexibility index (Phi) is 8.17. The van der Waals surface area contributed by atoms with Gasteiger partial charge in [0.2, 0.25) is 0 Å². The first-order valence-electron chi connectivity index (χ1n) is 1.31. The van der Waals surface area contributed by atoms with E-state index in [-0.39, 0.29) is 12.4 Å². The molecule has 0 radical (unpaired) electrons. The highest BCUT2D eigenvalue weighted by Gasteiger charge is 1.81. The van der Waals surface area contributed by atoms with Crippen LogP contribution in [0.2, 0.25) is 0 Å². The molecule has 0 heterocycles. The summed E-state index contributed by atoms with van der Waals surface area (Å²) in [6, 6.07) is 0. The quantitative estimate of drug-likeness (QED) is 0.361. The second-order valence-corrected chi connectivity index (χ2v) is 0.735. The van der Waals surface area contributed by atoms with E-state index in [0.717, 1.165) is 0 Å². The maximum absolute atomic E-state index is 8.01. The van der Waals surface area contributed by atoms with E-state index in [4.69, 9.17) is 5.11 Å². The monoisotopic (exact) mass is 113 g/mol. The standard InChI is InChI=1S/C2H7NO2.ClH/c1-2(4)5-3;/h2,4H,3H2,1H3;1H. The van der Waals surface area contributed by atoms with Crippen molar-refractivity contribution in [2.24, 2.45) is 5.90 Å². The largest absolute Gasteiger partial charge is 0.367 e. The minimum atomic E-state index is -0.838. The Morgan fingerprint density at radius 1 is 1.83 bits per heavy atom. The second kappa shape index (κ2) is 5.17. The lowest BCUT2D eigenvalue weighted by molar-refractivity contribution is -0.0874. The fourth-order valence-electron chi connectivity index (χ4n) is 0. The van der Waals surface area contributed by atoms with Crippen LogP contribution in [0.4, 0.5) is 0 Å². The highest BCUT2D eigenvalue weighted by Crippen LogP contribution is 1.68. The number of aliphatic hydroxyl groups excluding tert-OH is 1. The highest BCUT2D eigenvalue weighted by atomic mass is 35.5. The van der Waals surface area contributed by atoms with Crippen molar-refractivity contribution in [1.29, 1.82) is 0 Å². The van der Waals surface area contributed by atoms with Crippen molar-refractivity contribution in [2.45, 2.75) is 13.2 Å². The molecule has 40 valence electrons. The highest BCUT2D eigenvalue weighted by molar-refractivity contribution is 5.85. The summed E-state index contributed by atoms with van der Waals surface area (Å²) in [6.07, 6.45) is -0.838. The first kappa shape index (κ1) is 9.48. The van der Waals surface area contributed by atoms with Gasteiger partial charge in [0.25, 0.3) is 0 Å². The van der Waals surface area contributed by atoms with Gasteiger partial charge < -0.3 is 5.11 Å². The van der Waals surface area contributed by atoms with Gasteiger partial charge in [-0.25, -0.2) is 5.90 Å². The minimum absolute atomic E-state index is 0. The predicted octanol–water partition coefficient (Wildman–Crippen LogP) is -0.363. The maximum atomic E-state index is 8.01. The summed E-state index contributed by atoms with van der Waals surface area (Å²) >= 11 is 0. The molecule has 1 atom stereocenters. The van der Waals surface area contributed by atoms with Crippen LogP contribution in [0.5, 0.6) is 0 Å². The SMILES string of the molecule is CC(O)ON.Cl. The van der Waals surface area contributed by atoms with Crippen LogP contribution in [-0.2, 0) is 4.84 Å². The zero-order chi connectivity index (χ0) is 4.28. The zero-order valence-electron chi connectivity index (χ0n) is 3.42. The molecular weight excluding hydrogens is 105 g/mol. The van der Waals surface area contributed by atoms with Crippen LogP contribution >= 0.6 is 12.4 Å². The van der Waals surface area contributed by atoms with E-state index in [1.807, 2.05) is 0 Å². The third kappa shape index (κ3) is 8.90. The third-order valence-corrected chi connectivity index (χ3v) is 0.197. The Balaban J connectivity index is 0. The maximum Gasteiger partial charge on any atom is 0.171 e. The van der Waals surface area contributed by atoms with Gasteiger partial charge in [-0.3, -0.25) is 4.84 Å². The van der Waals surface area contributed by atoms with E-state index < -0.39 is 6.29 Å². The lowest BCUT2D eigenvalue weighted by Gasteiger charge is -1.93. The number of hydrogen-bond donors (Lipinski definition) is 2. The van der Waals surface area contributed by atoms with Crippen LogP contribution in [0, 0.1) is 0 Å². The fourth-order valence-corrected chi connectivity index (χ4v) is 0. The molecule has 0 rings (SSSR count). The number of rotatable bonds is 1. The van der Waals surface area contributed by atoms with Gasteiger partial charge in [0.15, 0.2) is 6.29 Å². The van der Waals surface area contributed by atoms with Gasteiger partial charge in [-0.15, -0.1) is 12.4 Å². The summed E-state index contributed by atoms with van der Waals surface area (Å²) in [6.45, 7) is 1.43. The van der Waals surface area contributed by atoms with E-state index in [2.05, 4.69) is 10.7 Å². The van der Waals surface area contributed by atoms with Crippen molar-refractivity contribution in [3.8, 4) is 0 Å². The molecule has 0 fully saturated rings. The Morgan fingerprint density at radius 3 is 2.00 bits per heavy atom. The number of nitrogens with two attached hydrogens (primary N) is 1. The Hall–Kier alpha value is 0.170. The summed E-state index contributed by atoms with van der Waals surface area (Å²) < 4.78 is 0. The first-order valence-corrected chi connectivity index (χ1v) is 1.31. The molecule has 0 aromatic carbocycles. The van der Waals surface area contributed by atoms with Crippen LogP contribution in [0.3, 0.4) is 0 Å². The normalized spacial score (nSPS) is 12.5. The van der Waals surface area contributed by atoms with E-state index in [9.17, 15) is 0 Å². The molecule has 0 aliphatic rings. The Labute approximate surface area is 42.5 Å². The molecule has 0 aromatic heterocycles. The molecular formula is C2H8ClNO2. The summed E-state index contributed by atoms with van der Waals surface area (Å²) in [4.78, 5) is 3.81. The second-order valence-electron chi connectivity index (χ2n) is 0.735. The van der Waals surface area contributed by atoms with Crippen LogP contribution in [0.15, 0.2) is 0 Å². The first-order chi connectivity index (χ1) is 2.27. The molecule has 0 spiro atoms. The van der Waals surface area contributed by atoms with Crippen LogP contribution in [0.25, 0.3) is 0 Å². The topological polar surface area (TPSA) is 55.5 Å². The lowest BCUT2D eigenvalue weighted by atomic mass is 10.8. The molecule has 0 aromatic rings. The molecule has 3 nitrogen and oxygen atoms in total. The van der Waals surface area contributed by atoms with Crippen molar-refractivity contribution in [2.75, 3.05) is 0 Å². The molecule has 0 bridgehead atoms. The van der Waals surface area contributed by atoms with Gasteiger partial charge in [-0.2, -0.15) is 0 Å². The van der Waals surface area contributed by atoms with Crippen LogP contribution in [-0.4, -0.2) is 11.4 Å². The van der Waals surface area contributed by atoms with Crippen molar-refractivity contribution in [3.05, 3.63) is 0 Å². The van der Waals surface area contributed by atoms with E-state index >= 15 is 0 Å². The van der Waals surface area contributed by atoms with Crippen LogP contribution < -0.4 is 5.90 Å². The summed E-state index contributed by atoms with van der Waals surface area (Å²) in [5, 5.41) is 8.01. The summed E-state index contributed by atoms with van der Waals surface area (Å²) in [5.74, 6) is 4.42. The van der Waals surface area contributed by atoms with Gasteiger partial charge in [-0.1, -0.05) is 0 Å². The fraction of sp³-hybridized carbons (Fsp3) is 1.00. The predicted molar refractivity (Wildman–Crippen MR) is 24.2 cm³/mol. The molecule has 0 aliphatic heterocycles. The van der Waals surface area contributed by atoms with Gasteiger partial charge in [-0.05, 0) is 6.92 Å². The van der Waals surface area contributed by atoms with Crippen molar-refractivity contribution in [3.63, 3.8) is 0 Å². The van der Waals surface area contributed by atoms with E-state index in [1.54, 1.807) is 0 Å². The molecule has 4 heteroatoms. The number of hydrogen-bond acceptors (Lipinski definition) is 3. The molecule has 0 amide bonds.